The normalized spacial score (nSPS) is 14.6. The van der Waals surface area contributed by atoms with Crippen molar-refractivity contribution in [2.75, 3.05) is 25.6 Å². The SMILES string of the molecule is COc1ccc(CC(C)(C)NC(CO)c2ccc(O)c3c2OCC(=O)N3)cc1. The number of carbonyl (C=O) groups excluding carboxylic acids is 1. The van der Waals surface area contributed by atoms with Crippen LogP contribution in [-0.2, 0) is 11.2 Å². The van der Waals surface area contributed by atoms with Gasteiger partial charge < -0.3 is 30.3 Å². The number of carbonyl (C=O) groups is 1. The van der Waals surface area contributed by atoms with Crippen LogP contribution >= 0.6 is 0 Å². The third-order valence-electron chi connectivity index (χ3n) is 4.71. The molecule has 28 heavy (non-hydrogen) atoms. The number of methoxy groups -OCH3 is 1. The van der Waals surface area contributed by atoms with E-state index in [1.54, 1.807) is 13.2 Å². The summed E-state index contributed by atoms with van der Waals surface area (Å²) >= 11 is 0. The lowest BCUT2D eigenvalue weighted by Gasteiger charge is -2.33. The first kappa shape index (κ1) is 20.0. The zero-order valence-electron chi connectivity index (χ0n) is 16.3. The third kappa shape index (κ3) is 4.37. The molecule has 0 saturated heterocycles. The molecule has 1 aliphatic rings. The first-order valence-corrected chi connectivity index (χ1v) is 9.13. The number of aliphatic hydroxyl groups excluding tert-OH is 1. The van der Waals surface area contributed by atoms with Crippen molar-refractivity contribution in [3.05, 3.63) is 47.5 Å². The van der Waals surface area contributed by atoms with Crippen LogP contribution in [0.5, 0.6) is 17.2 Å². The van der Waals surface area contributed by atoms with Gasteiger partial charge in [0.05, 0.1) is 19.8 Å². The number of fused-ring (bicyclic) bond motifs is 1. The van der Waals surface area contributed by atoms with E-state index in [0.29, 0.717) is 11.3 Å². The van der Waals surface area contributed by atoms with E-state index in [4.69, 9.17) is 9.47 Å². The first-order valence-electron chi connectivity index (χ1n) is 9.13. The molecular formula is C21H26N2O5. The Morgan fingerprint density at radius 3 is 2.61 bits per heavy atom. The van der Waals surface area contributed by atoms with Crippen LogP contribution in [0, 0.1) is 0 Å². The number of hydrogen-bond acceptors (Lipinski definition) is 6. The maximum Gasteiger partial charge on any atom is 0.262 e. The Kier molecular flexibility index (Phi) is 5.76. The zero-order chi connectivity index (χ0) is 20.3. The molecule has 1 amide bonds. The van der Waals surface area contributed by atoms with E-state index >= 15 is 0 Å². The Labute approximate surface area is 164 Å². The van der Waals surface area contributed by atoms with Gasteiger partial charge in [-0.05, 0) is 50.1 Å². The molecule has 0 bridgehead atoms. The summed E-state index contributed by atoms with van der Waals surface area (Å²) in [7, 11) is 1.63. The molecule has 0 spiro atoms. The Bertz CT molecular complexity index is 849. The van der Waals surface area contributed by atoms with E-state index in [1.165, 1.54) is 6.07 Å². The molecular weight excluding hydrogens is 360 g/mol. The molecule has 1 atom stereocenters. The molecule has 3 rings (SSSR count). The molecule has 0 saturated carbocycles. The van der Waals surface area contributed by atoms with Gasteiger partial charge in [-0.3, -0.25) is 4.79 Å². The highest BCUT2D eigenvalue weighted by Crippen LogP contribution is 2.41. The fourth-order valence-electron chi connectivity index (χ4n) is 3.45. The largest absolute Gasteiger partial charge is 0.506 e. The van der Waals surface area contributed by atoms with E-state index in [0.717, 1.165) is 17.7 Å². The van der Waals surface area contributed by atoms with Crippen molar-refractivity contribution in [3.8, 4) is 17.2 Å². The topological polar surface area (TPSA) is 100 Å². The van der Waals surface area contributed by atoms with Crippen LogP contribution in [0.4, 0.5) is 5.69 Å². The second-order valence-corrected chi connectivity index (χ2v) is 7.50. The van der Waals surface area contributed by atoms with Gasteiger partial charge in [-0.1, -0.05) is 12.1 Å². The molecule has 0 fully saturated rings. The molecule has 0 radical (unpaired) electrons. The van der Waals surface area contributed by atoms with Crippen molar-refractivity contribution in [1.82, 2.24) is 5.32 Å². The highest BCUT2D eigenvalue weighted by atomic mass is 16.5. The van der Waals surface area contributed by atoms with Crippen molar-refractivity contribution in [2.24, 2.45) is 0 Å². The molecule has 1 aliphatic heterocycles. The monoisotopic (exact) mass is 386 g/mol. The fraction of sp³-hybridized carbons (Fsp3) is 0.381. The van der Waals surface area contributed by atoms with Crippen molar-refractivity contribution in [3.63, 3.8) is 0 Å². The van der Waals surface area contributed by atoms with E-state index in [2.05, 4.69) is 24.5 Å². The number of anilines is 1. The van der Waals surface area contributed by atoms with Gasteiger partial charge in [-0.25, -0.2) is 0 Å². The number of aromatic hydroxyl groups is 1. The summed E-state index contributed by atoms with van der Waals surface area (Å²) in [6.07, 6.45) is 0.728. The summed E-state index contributed by atoms with van der Waals surface area (Å²) in [5.74, 6) is 0.790. The molecule has 150 valence electrons. The van der Waals surface area contributed by atoms with Crippen LogP contribution in [0.3, 0.4) is 0 Å². The summed E-state index contributed by atoms with van der Waals surface area (Å²) in [6, 6.07) is 10.6. The summed E-state index contributed by atoms with van der Waals surface area (Å²) in [6.45, 7) is 3.81. The maximum atomic E-state index is 11.6. The predicted molar refractivity (Wildman–Crippen MR) is 106 cm³/mol. The van der Waals surface area contributed by atoms with Crippen LogP contribution < -0.4 is 20.1 Å². The van der Waals surface area contributed by atoms with Gasteiger partial charge in [-0.2, -0.15) is 0 Å². The van der Waals surface area contributed by atoms with Crippen molar-refractivity contribution in [1.29, 1.82) is 0 Å². The van der Waals surface area contributed by atoms with Crippen LogP contribution in [0.2, 0.25) is 0 Å². The molecule has 1 unspecified atom stereocenters. The smallest absolute Gasteiger partial charge is 0.262 e. The summed E-state index contributed by atoms with van der Waals surface area (Å²) in [5, 5.41) is 26.1. The number of rotatable bonds is 7. The highest BCUT2D eigenvalue weighted by Gasteiger charge is 2.29. The number of hydrogen-bond donors (Lipinski definition) is 4. The Morgan fingerprint density at radius 1 is 1.25 bits per heavy atom. The molecule has 2 aromatic carbocycles. The van der Waals surface area contributed by atoms with Gasteiger partial charge in [0.15, 0.2) is 12.4 Å². The van der Waals surface area contributed by atoms with Gasteiger partial charge in [0, 0.05) is 11.1 Å². The van der Waals surface area contributed by atoms with Gasteiger partial charge in [-0.15, -0.1) is 0 Å². The van der Waals surface area contributed by atoms with Crippen LogP contribution in [0.25, 0.3) is 0 Å². The van der Waals surface area contributed by atoms with Gasteiger partial charge in [0.2, 0.25) is 0 Å². The number of amides is 1. The highest BCUT2D eigenvalue weighted by molar-refractivity contribution is 5.97. The number of nitrogens with one attached hydrogen (secondary N) is 2. The molecule has 7 heteroatoms. The molecule has 4 N–H and O–H groups in total. The number of ether oxygens (including phenoxy) is 2. The number of aliphatic hydroxyl groups is 1. The summed E-state index contributed by atoms with van der Waals surface area (Å²) in [4.78, 5) is 11.6. The van der Waals surface area contributed by atoms with E-state index in [-0.39, 0.29) is 36.1 Å². The van der Waals surface area contributed by atoms with Crippen molar-refractivity contribution >= 4 is 11.6 Å². The molecule has 1 heterocycles. The van der Waals surface area contributed by atoms with Crippen LogP contribution in [0.15, 0.2) is 36.4 Å². The summed E-state index contributed by atoms with van der Waals surface area (Å²) in [5.41, 5.74) is 1.70. The van der Waals surface area contributed by atoms with Gasteiger partial charge in [0.1, 0.15) is 17.2 Å². The van der Waals surface area contributed by atoms with Crippen molar-refractivity contribution in [2.45, 2.75) is 31.8 Å². The quantitative estimate of drug-likeness (QED) is 0.545. The zero-order valence-corrected chi connectivity index (χ0v) is 16.3. The van der Waals surface area contributed by atoms with Crippen LogP contribution in [0.1, 0.15) is 31.0 Å². The molecule has 0 aromatic heterocycles. The Morgan fingerprint density at radius 2 is 1.96 bits per heavy atom. The lowest BCUT2D eigenvalue weighted by molar-refractivity contribution is -0.118. The lowest BCUT2D eigenvalue weighted by Crippen LogP contribution is -2.45. The Balaban J connectivity index is 1.81. The van der Waals surface area contributed by atoms with Gasteiger partial charge in [0.25, 0.3) is 5.91 Å². The first-order chi connectivity index (χ1) is 13.3. The minimum Gasteiger partial charge on any atom is -0.506 e. The minimum absolute atomic E-state index is 0.0685. The average Bonchev–Trinajstić information content (AvgIpc) is 2.67. The van der Waals surface area contributed by atoms with E-state index in [9.17, 15) is 15.0 Å². The molecule has 7 nitrogen and oxygen atoms in total. The van der Waals surface area contributed by atoms with Crippen molar-refractivity contribution < 1.29 is 24.5 Å². The molecule has 0 aliphatic carbocycles. The van der Waals surface area contributed by atoms with E-state index in [1.807, 2.05) is 24.3 Å². The maximum absolute atomic E-state index is 11.6. The summed E-state index contributed by atoms with van der Waals surface area (Å²) < 4.78 is 10.7. The number of phenolic OH excluding ortho intramolecular Hbond substituents is 1. The second-order valence-electron chi connectivity index (χ2n) is 7.50. The van der Waals surface area contributed by atoms with E-state index < -0.39 is 6.04 Å². The Hall–Kier alpha value is -2.77. The molecule has 2 aromatic rings. The lowest BCUT2D eigenvalue weighted by atomic mass is 9.92. The van der Waals surface area contributed by atoms with Crippen LogP contribution in [-0.4, -0.2) is 42.0 Å². The number of benzene rings is 2. The fourth-order valence-corrected chi connectivity index (χ4v) is 3.45. The third-order valence-corrected chi connectivity index (χ3v) is 4.71. The second kappa shape index (κ2) is 8.08. The average molecular weight is 386 g/mol. The minimum atomic E-state index is -0.433. The predicted octanol–water partition coefficient (Wildman–Crippen LogP) is 2.38. The van der Waals surface area contributed by atoms with Gasteiger partial charge >= 0.3 is 0 Å². The number of phenols is 1. The standard InChI is InChI=1S/C21H26N2O5/c1-21(2,10-13-4-6-14(27-3)7-5-13)23-16(11-24)15-8-9-17(25)19-20(15)28-12-18(26)22-19/h4-9,16,23-25H,10-12H2,1-3H3,(H,22,26).